The van der Waals surface area contributed by atoms with Crippen LogP contribution in [0, 0.1) is 0 Å². The minimum Gasteiger partial charge on any atom is -0.391 e. The van der Waals surface area contributed by atoms with Crippen LogP contribution in [0.2, 0.25) is 0 Å². The van der Waals surface area contributed by atoms with Gasteiger partial charge in [0.1, 0.15) is 6.61 Å². The van der Waals surface area contributed by atoms with Crippen molar-refractivity contribution in [3.63, 3.8) is 0 Å². The molecule has 0 N–H and O–H groups in total. The zero-order valence-corrected chi connectivity index (χ0v) is 6.81. The van der Waals surface area contributed by atoms with E-state index in [-0.39, 0.29) is 0 Å². The molecule has 0 aliphatic rings. The lowest BCUT2D eigenvalue weighted by Gasteiger charge is -1.97. The molecular formula is C10H11NO. The molecule has 2 nitrogen and oxygen atoms in total. The first-order valence-corrected chi connectivity index (χ1v) is 3.74. The molecule has 0 saturated heterocycles. The van der Waals surface area contributed by atoms with E-state index < -0.39 is 0 Å². The van der Waals surface area contributed by atoms with Crippen molar-refractivity contribution in [1.29, 1.82) is 0 Å². The Bertz CT molecular complexity index is 254. The van der Waals surface area contributed by atoms with Crippen molar-refractivity contribution in [2.75, 3.05) is 0 Å². The van der Waals surface area contributed by atoms with Crippen LogP contribution in [0.1, 0.15) is 5.56 Å². The smallest absolute Gasteiger partial charge is 0.142 e. The maximum atomic E-state index is 4.96. The summed E-state index contributed by atoms with van der Waals surface area (Å²) in [5, 5.41) is 3.64. The number of oxime groups is 1. The maximum absolute atomic E-state index is 4.96. The Labute approximate surface area is 72.2 Å². The van der Waals surface area contributed by atoms with Gasteiger partial charge in [0.05, 0.1) is 6.21 Å². The number of hydrogen-bond donors (Lipinski definition) is 0. The molecule has 0 saturated carbocycles. The topological polar surface area (TPSA) is 21.6 Å². The monoisotopic (exact) mass is 161 g/mol. The minimum absolute atomic E-state index is 0.505. The largest absolute Gasteiger partial charge is 0.391 e. The van der Waals surface area contributed by atoms with Crippen LogP contribution in [-0.2, 0) is 11.4 Å². The molecule has 0 amide bonds. The molecule has 0 aliphatic carbocycles. The van der Waals surface area contributed by atoms with Crippen LogP contribution in [-0.4, -0.2) is 6.21 Å². The molecule has 0 bridgehead atoms. The molecule has 0 spiro atoms. The Hall–Kier alpha value is -1.57. The highest BCUT2D eigenvalue weighted by atomic mass is 16.6. The Balaban J connectivity index is 2.33. The van der Waals surface area contributed by atoms with Crippen LogP contribution in [0.3, 0.4) is 0 Å². The van der Waals surface area contributed by atoms with Crippen molar-refractivity contribution in [3.05, 3.63) is 48.6 Å². The van der Waals surface area contributed by atoms with Crippen molar-refractivity contribution in [2.24, 2.45) is 5.16 Å². The molecule has 2 heteroatoms. The number of hydrogen-bond acceptors (Lipinski definition) is 2. The molecule has 0 aliphatic heterocycles. The minimum atomic E-state index is 0.505. The van der Waals surface area contributed by atoms with Crippen molar-refractivity contribution in [1.82, 2.24) is 0 Å². The summed E-state index contributed by atoms with van der Waals surface area (Å²) in [7, 11) is 0. The summed E-state index contributed by atoms with van der Waals surface area (Å²) < 4.78 is 0. The predicted octanol–water partition coefficient (Wildman–Crippen LogP) is 2.38. The fourth-order valence-electron chi connectivity index (χ4n) is 0.772. The molecule has 1 rings (SSSR count). The normalized spacial score (nSPS) is 10.0. The summed E-state index contributed by atoms with van der Waals surface area (Å²) >= 11 is 0. The van der Waals surface area contributed by atoms with Crippen LogP contribution in [0.5, 0.6) is 0 Å². The van der Waals surface area contributed by atoms with E-state index in [1.54, 1.807) is 6.08 Å². The second-order valence-corrected chi connectivity index (χ2v) is 2.25. The van der Waals surface area contributed by atoms with Gasteiger partial charge in [0.25, 0.3) is 0 Å². The summed E-state index contributed by atoms with van der Waals surface area (Å²) in [6.07, 6.45) is 3.09. The van der Waals surface area contributed by atoms with Gasteiger partial charge in [0.15, 0.2) is 0 Å². The fourth-order valence-corrected chi connectivity index (χ4v) is 0.772. The first-order valence-electron chi connectivity index (χ1n) is 3.74. The highest BCUT2D eigenvalue weighted by Gasteiger charge is 1.87. The molecule has 1 aromatic rings. The summed E-state index contributed by atoms with van der Waals surface area (Å²) in [5.74, 6) is 0. The maximum Gasteiger partial charge on any atom is 0.142 e. The van der Waals surface area contributed by atoms with Gasteiger partial charge in [-0.15, -0.1) is 0 Å². The summed E-state index contributed by atoms with van der Waals surface area (Å²) in [6.45, 7) is 3.98. The zero-order chi connectivity index (χ0) is 8.65. The van der Waals surface area contributed by atoms with Gasteiger partial charge in [-0.1, -0.05) is 42.1 Å². The van der Waals surface area contributed by atoms with Crippen LogP contribution in [0.15, 0.2) is 48.1 Å². The van der Waals surface area contributed by atoms with E-state index in [0.717, 1.165) is 5.56 Å². The molecule has 1 aromatic carbocycles. The van der Waals surface area contributed by atoms with E-state index in [9.17, 15) is 0 Å². The first-order chi connectivity index (χ1) is 5.93. The number of nitrogens with zero attached hydrogens (tertiary/aromatic N) is 1. The molecule has 0 heterocycles. The number of rotatable bonds is 4. The standard InChI is InChI=1S/C10H11NO/c1-2-8-11-12-9-10-6-4-3-5-7-10/h2-8H,1,9H2. The number of benzene rings is 1. The highest BCUT2D eigenvalue weighted by Crippen LogP contribution is 1.99. The third-order valence-corrected chi connectivity index (χ3v) is 1.31. The lowest BCUT2D eigenvalue weighted by molar-refractivity contribution is 0.132. The van der Waals surface area contributed by atoms with Gasteiger partial charge in [-0.3, -0.25) is 0 Å². The van der Waals surface area contributed by atoms with Crippen molar-refractivity contribution < 1.29 is 4.84 Å². The Morgan fingerprint density at radius 1 is 1.33 bits per heavy atom. The molecule has 12 heavy (non-hydrogen) atoms. The van der Waals surface area contributed by atoms with Crippen molar-refractivity contribution in [2.45, 2.75) is 6.61 Å². The van der Waals surface area contributed by atoms with Gasteiger partial charge in [-0.25, -0.2) is 0 Å². The Morgan fingerprint density at radius 2 is 2.08 bits per heavy atom. The molecule has 0 unspecified atom stereocenters. The molecule has 0 radical (unpaired) electrons. The predicted molar refractivity (Wildman–Crippen MR) is 49.9 cm³/mol. The fraction of sp³-hybridized carbons (Fsp3) is 0.100. The second-order valence-electron chi connectivity index (χ2n) is 2.25. The zero-order valence-electron chi connectivity index (χ0n) is 6.81. The van der Waals surface area contributed by atoms with E-state index in [1.807, 2.05) is 30.3 Å². The highest BCUT2D eigenvalue weighted by molar-refractivity contribution is 5.69. The third kappa shape index (κ3) is 3.01. The van der Waals surface area contributed by atoms with E-state index in [4.69, 9.17) is 4.84 Å². The SMILES string of the molecule is C=CC=NOCc1ccccc1. The van der Waals surface area contributed by atoms with E-state index in [2.05, 4.69) is 11.7 Å². The van der Waals surface area contributed by atoms with Crippen LogP contribution in [0.25, 0.3) is 0 Å². The summed E-state index contributed by atoms with van der Waals surface area (Å²) in [4.78, 5) is 4.96. The van der Waals surface area contributed by atoms with Crippen LogP contribution >= 0.6 is 0 Å². The lowest BCUT2D eigenvalue weighted by Crippen LogP contribution is -1.85. The van der Waals surface area contributed by atoms with Gasteiger partial charge in [-0.2, -0.15) is 0 Å². The van der Waals surface area contributed by atoms with E-state index in [1.165, 1.54) is 6.21 Å². The van der Waals surface area contributed by atoms with Gasteiger partial charge < -0.3 is 4.84 Å². The van der Waals surface area contributed by atoms with Gasteiger partial charge in [0, 0.05) is 0 Å². The molecule has 62 valence electrons. The summed E-state index contributed by atoms with van der Waals surface area (Å²) in [5.41, 5.74) is 1.11. The molecule has 0 aromatic heterocycles. The molecule has 0 atom stereocenters. The second kappa shape index (κ2) is 5.13. The molecule has 0 fully saturated rings. The van der Waals surface area contributed by atoms with Gasteiger partial charge in [0.2, 0.25) is 0 Å². The lowest BCUT2D eigenvalue weighted by atomic mass is 10.2. The van der Waals surface area contributed by atoms with Crippen LogP contribution < -0.4 is 0 Å². The van der Waals surface area contributed by atoms with Gasteiger partial charge in [-0.05, 0) is 11.6 Å². The van der Waals surface area contributed by atoms with Crippen molar-refractivity contribution >= 4 is 6.21 Å². The number of allylic oxidation sites excluding steroid dienone is 1. The van der Waals surface area contributed by atoms with E-state index in [0.29, 0.717) is 6.61 Å². The molecular weight excluding hydrogens is 150 g/mol. The van der Waals surface area contributed by atoms with Crippen LogP contribution in [0.4, 0.5) is 0 Å². The van der Waals surface area contributed by atoms with E-state index >= 15 is 0 Å². The Morgan fingerprint density at radius 3 is 2.75 bits per heavy atom. The quantitative estimate of drug-likeness (QED) is 0.490. The van der Waals surface area contributed by atoms with Gasteiger partial charge >= 0.3 is 0 Å². The average molecular weight is 161 g/mol. The summed E-state index contributed by atoms with van der Waals surface area (Å²) in [6, 6.07) is 9.88. The third-order valence-electron chi connectivity index (χ3n) is 1.31. The Kier molecular flexibility index (Phi) is 3.64. The first kappa shape index (κ1) is 8.53. The van der Waals surface area contributed by atoms with Crippen molar-refractivity contribution in [3.8, 4) is 0 Å². The average Bonchev–Trinajstić information content (AvgIpc) is 2.14.